The predicted molar refractivity (Wildman–Crippen MR) is 246 cm³/mol. The lowest BCUT2D eigenvalue weighted by Gasteiger charge is -2.51. The van der Waals surface area contributed by atoms with E-state index in [1.165, 1.54) is 0 Å². The van der Waals surface area contributed by atoms with Crippen molar-refractivity contribution in [3.05, 3.63) is 10.4 Å². The molecule has 0 aliphatic carbocycles. The molecule has 0 saturated carbocycles. The molecule has 6 fully saturated rings. The Kier molecular flexibility index (Phi) is 24.7. The summed E-state index contributed by atoms with van der Waals surface area (Å²) in [6.07, 6.45) is -51.6. The molecular weight excluding hydrogens is 1060 g/mol. The summed E-state index contributed by atoms with van der Waals surface area (Å²) in [7, 11) is 0. The van der Waals surface area contributed by atoms with Crippen molar-refractivity contribution in [1.82, 2.24) is 5.32 Å². The lowest BCUT2D eigenvalue weighted by molar-refractivity contribution is -0.393. The maximum absolute atomic E-state index is 12.9. The van der Waals surface area contributed by atoms with Crippen molar-refractivity contribution in [3.8, 4) is 0 Å². The minimum Gasteiger partial charge on any atom is -0.394 e. The number of unbranched alkanes of at least 4 members (excludes halogenated alkanes) is 3. The summed E-state index contributed by atoms with van der Waals surface area (Å²) >= 11 is 0. The molecule has 6 saturated heterocycles. The van der Waals surface area contributed by atoms with Gasteiger partial charge in [-0.25, -0.2) is 0 Å². The van der Waals surface area contributed by atoms with E-state index in [9.17, 15) is 91.6 Å². The molecule has 0 aromatic heterocycles. The molecule has 18 N–H and O–H groups in total. The van der Waals surface area contributed by atoms with E-state index in [1.54, 1.807) is 0 Å². The van der Waals surface area contributed by atoms with Gasteiger partial charge >= 0.3 is 0 Å². The van der Waals surface area contributed by atoms with Gasteiger partial charge in [0.1, 0.15) is 140 Å². The number of azide groups is 1. The highest BCUT2D eigenvalue weighted by Gasteiger charge is 2.58. The van der Waals surface area contributed by atoms with Crippen molar-refractivity contribution in [3.63, 3.8) is 0 Å². The molecule has 0 radical (unpaired) electrons. The fourth-order valence-corrected chi connectivity index (χ4v) is 9.86. The van der Waals surface area contributed by atoms with E-state index in [4.69, 9.17) is 62.4 Å². The summed E-state index contributed by atoms with van der Waals surface area (Å²) < 4.78 is 69.3. The Labute approximate surface area is 444 Å². The van der Waals surface area contributed by atoms with Crippen LogP contribution >= 0.6 is 0 Å². The van der Waals surface area contributed by atoms with Crippen LogP contribution in [0, 0.1) is 0 Å². The Morgan fingerprint density at radius 3 is 1.41 bits per heavy atom. The highest BCUT2D eigenvalue weighted by molar-refractivity contribution is 5.73. The Morgan fingerprint density at radius 2 is 0.859 bits per heavy atom. The molecular formula is C44H76N4O30. The number of nitrogens with zero attached hydrogens (tertiary/aromatic N) is 3. The van der Waals surface area contributed by atoms with E-state index in [0.29, 0.717) is 6.42 Å². The molecule has 0 aromatic carbocycles. The second kappa shape index (κ2) is 29.7. The Balaban J connectivity index is 1.20. The zero-order valence-electron chi connectivity index (χ0n) is 42.4. The van der Waals surface area contributed by atoms with Gasteiger partial charge in [-0.15, -0.1) is 0 Å². The predicted octanol–water partition coefficient (Wildman–Crippen LogP) is -10.0. The lowest BCUT2D eigenvalue weighted by atomic mass is 9.94. The molecule has 452 valence electrons. The maximum atomic E-state index is 12.9. The Bertz CT molecular complexity index is 1870. The zero-order valence-corrected chi connectivity index (χ0v) is 42.4. The minimum atomic E-state index is -2.23. The van der Waals surface area contributed by atoms with Crippen LogP contribution in [0.1, 0.15) is 39.5 Å². The fraction of sp³-hybridized carbons (Fsp3) is 0.977. The largest absolute Gasteiger partial charge is 0.394 e. The second-order valence-corrected chi connectivity index (χ2v) is 19.6. The molecule has 34 nitrogen and oxygen atoms in total. The van der Waals surface area contributed by atoms with E-state index in [-0.39, 0.29) is 6.61 Å². The van der Waals surface area contributed by atoms with Crippen LogP contribution in [0.4, 0.5) is 0 Å². The van der Waals surface area contributed by atoms with Crippen LogP contribution in [0.25, 0.3) is 10.4 Å². The summed E-state index contributed by atoms with van der Waals surface area (Å²) in [4.78, 5) is 15.4. The number of carbonyl (C=O) groups excluding carboxylic acids is 1. The summed E-state index contributed by atoms with van der Waals surface area (Å²) in [6, 6.07) is -1.83. The molecule has 0 aromatic rings. The normalized spacial score (nSPS) is 47.3. The molecule has 1 amide bonds. The van der Waals surface area contributed by atoms with Gasteiger partial charge in [0.15, 0.2) is 37.7 Å². The third-order valence-corrected chi connectivity index (χ3v) is 14.2. The van der Waals surface area contributed by atoms with E-state index < -0.39 is 230 Å². The van der Waals surface area contributed by atoms with Gasteiger partial charge in [0.05, 0.1) is 45.7 Å². The SMILES string of the molecule is CCCCCCO[C@@H]1OC(CO)[C@@H](O[C@@H]2OC(CO)[C@H](O[C@H]3OC(CO)[C@H](O)[C@H](O[C@@H]4OC(CO)[C@H](O)[C@H](O[C@@H]5OC(CO)[C@H](O)[C@H](O)C5O[C@@H]5OC(CN=[N+]=[N-])[C@@H](O)[C@H](O)C5O)C4NC(C)=O)C3O)[C@H](O)C2O)[C@H](O)C1O. The third-order valence-electron chi connectivity index (χ3n) is 14.2. The van der Waals surface area contributed by atoms with Gasteiger partial charge < -0.3 is 149 Å². The molecule has 6 heterocycles. The molecule has 6 aliphatic heterocycles. The molecule has 6 rings (SSSR count). The average Bonchev–Trinajstić information content (AvgIpc) is 3.55. The number of aliphatic hydroxyl groups is 17. The maximum Gasteiger partial charge on any atom is 0.217 e. The van der Waals surface area contributed by atoms with Gasteiger partial charge in [0.25, 0.3) is 0 Å². The Hall–Kier alpha value is -2.38. The summed E-state index contributed by atoms with van der Waals surface area (Å²) in [5.74, 6) is -0.886. The summed E-state index contributed by atoms with van der Waals surface area (Å²) in [5, 5.41) is 191. The number of ether oxygens (including phenoxy) is 12. The van der Waals surface area contributed by atoms with E-state index in [2.05, 4.69) is 15.3 Å². The van der Waals surface area contributed by atoms with Crippen molar-refractivity contribution >= 4 is 5.91 Å². The van der Waals surface area contributed by atoms with Crippen LogP contribution in [0.15, 0.2) is 5.11 Å². The second-order valence-electron chi connectivity index (χ2n) is 19.6. The first-order valence-corrected chi connectivity index (χ1v) is 25.5. The van der Waals surface area contributed by atoms with Gasteiger partial charge in [-0.2, -0.15) is 0 Å². The van der Waals surface area contributed by atoms with Crippen LogP contribution in [0.5, 0.6) is 0 Å². The third kappa shape index (κ3) is 14.7. The van der Waals surface area contributed by atoms with Crippen LogP contribution in [0.2, 0.25) is 0 Å². The molecule has 34 heteroatoms. The molecule has 30 atom stereocenters. The number of hydrogen-bond acceptors (Lipinski definition) is 31. The van der Waals surface area contributed by atoms with Gasteiger partial charge in [0, 0.05) is 18.4 Å². The first kappa shape index (κ1) is 64.8. The zero-order chi connectivity index (χ0) is 57.3. The summed E-state index contributed by atoms with van der Waals surface area (Å²) in [6.45, 7) is -2.29. The highest BCUT2D eigenvalue weighted by Crippen LogP contribution is 2.37. The van der Waals surface area contributed by atoms with Gasteiger partial charge in [-0.05, 0) is 12.0 Å². The van der Waals surface area contributed by atoms with Crippen molar-refractivity contribution in [2.24, 2.45) is 5.11 Å². The molecule has 12 unspecified atom stereocenters. The number of nitrogens with one attached hydrogen (secondary N) is 1. The van der Waals surface area contributed by atoms with Crippen molar-refractivity contribution in [2.75, 3.05) is 46.2 Å². The fourth-order valence-electron chi connectivity index (χ4n) is 9.86. The first-order chi connectivity index (χ1) is 37.2. The standard InChI is InChI=1S/C44H76N4O30/c1-3-4-5-6-7-67-40-31(64)28(61)34(19(12-52)72-40)74-42-32(65)29(62)35(20(13-53)73-42)75-43-33(66)37(25(58)18(11-51)70-43)77-39-21(47-14(2)54)36(24(57)17(10-50)69-39)76-44-38(27(60)23(56)16(9-49)71-44)78-41-30(63)26(59)22(55)15(68-41)8-46-48-45/h15-44,49-53,55-66H,3-13H2,1-2H3,(H,47,54)/t15?,16?,17?,18?,19?,20?,21?,22-,23+,24+,25+,26+,27+,28-,29-,30?,31?,32?,33?,34-,35+,36-,37+,38?,39+,40-,41+,42+,43-,44+/m1/s1. The van der Waals surface area contributed by atoms with Gasteiger partial charge in [0.2, 0.25) is 5.91 Å². The lowest BCUT2D eigenvalue weighted by Crippen LogP contribution is -2.70. The van der Waals surface area contributed by atoms with Crippen LogP contribution in [0.3, 0.4) is 0 Å². The number of amides is 1. The smallest absolute Gasteiger partial charge is 0.217 e. The van der Waals surface area contributed by atoms with Crippen molar-refractivity contribution in [2.45, 2.75) is 224 Å². The van der Waals surface area contributed by atoms with E-state index in [0.717, 1.165) is 26.2 Å². The van der Waals surface area contributed by atoms with Crippen molar-refractivity contribution in [1.29, 1.82) is 0 Å². The topological polar surface area (TPSA) is 533 Å². The van der Waals surface area contributed by atoms with Crippen LogP contribution in [-0.4, -0.2) is 323 Å². The minimum absolute atomic E-state index is 0.159. The van der Waals surface area contributed by atoms with Crippen LogP contribution < -0.4 is 5.32 Å². The van der Waals surface area contributed by atoms with Crippen molar-refractivity contribution < 1.29 is 148 Å². The number of hydrogen-bond donors (Lipinski definition) is 18. The van der Waals surface area contributed by atoms with Gasteiger partial charge in [-0.3, -0.25) is 4.79 Å². The molecule has 6 aliphatic rings. The van der Waals surface area contributed by atoms with E-state index in [1.807, 2.05) is 6.92 Å². The molecule has 0 spiro atoms. The number of aliphatic hydroxyl groups excluding tert-OH is 17. The summed E-state index contributed by atoms with van der Waals surface area (Å²) in [5.41, 5.74) is 8.82. The van der Waals surface area contributed by atoms with E-state index >= 15 is 0 Å². The number of carbonyl (C=O) groups is 1. The molecule has 78 heavy (non-hydrogen) atoms. The first-order valence-electron chi connectivity index (χ1n) is 25.5. The monoisotopic (exact) mass is 1140 g/mol. The van der Waals surface area contributed by atoms with Gasteiger partial charge in [-0.1, -0.05) is 31.3 Å². The quantitative estimate of drug-likeness (QED) is 0.0185. The average molecular weight is 1140 g/mol. The highest BCUT2D eigenvalue weighted by atomic mass is 16.8. The Morgan fingerprint density at radius 1 is 0.449 bits per heavy atom. The molecule has 0 bridgehead atoms. The van der Waals surface area contributed by atoms with Crippen LogP contribution in [-0.2, 0) is 61.6 Å². The number of rotatable bonds is 24.